The van der Waals surface area contributed by atoms with Crippen LogP contribution >= 0.6 is 0 Å². The average molecular weight is 473 g/mol. The molecule has 0 amide bonds. The Morgan fingerprint density at radius 2 is 2.00 bits per heavy atom. The molecule has 35 heavy (non-hydrogen) atoms. The highest BCUT2D eigenvalue weighted by molar-refractivity contribution is 5.95. The van der Waals surface area contributed by atoms with E-state index in [1.807, 2.05) is 37.3 Å². The summed E-state index contributed by atoms with van der Waals surface area (Å²) >= 11 is 0. The minimum absolute atomic E-state index is 0.0376. The second-order valence-electron chi connectivity index (χ2n) is 9.73. The van der Waals surface area contributed by atoms with Crippen molar-refractivity contribution in [1.82, 2.24) is 14.9 Å². The van der Waals surface area contributed by atoms with E-state index in [4.69, 9.17) is 4.74 Å². The van der Waals surface area contributed by atoms with Gasteiger partial charge in [-0.05, 0) is 57.3 Å². The predicted octanol–water partition coefficient (Wildman–Crippen LogP) is 2.72. The van der Waals surface area contributed by atoms with Crippen molar-refractivity contribution in [3.8, 4) is 6.07 Å². The predicted molar refractivity (Wildman–Crippen MR) is 137 cm³/mol. The smallest absolute Gasteiger partial charge is 0.101 e. The molecule has 8 nitrogen and oxygen atoms in total. The number of nitrogens with zero attached hydrogens (tertiary/aromatic N) is 6. The molecule has 0 aliphatic carbocycles. The molecule has 2 atom stereocenters. The van der Waals surface area contributed by atoms with Gasteiger partial charge in [0, 0.05) is 67.4 Å². The number of morpholine rings is 1. The lowest BCUT2D eigenvalue weighted by Crippen LogP contribution is -2.61. The summed E-state index contributed by atoms with van der Waals surface area (Å²) < 4.78 is 6.34. The zero-order valence-electron chi connectivity index (χ0n) is 20.6. The van der Waals surface area contributed by atoms with Crippen LogP contribution in [0, 0.1) is 18.3 Å². The van der Waals surface area contributed by atoms with Gasteiger partial charge in [-0.25, -0.2) is 0 Å². The van der Waals surface area contributed by atoms with Crippen molar-refractivity contribution >= 4 is 22.3 Å². The number of aliphatic hydroxyl groups is 1. The molecule has 2 aliphatic rings. The number of hydrogen-bond donors (Lipinski definition) is 1. The number of aryl methyl sites for hydroxylation is 1. The van der Waals surface area contributed by atoms with Crippen LogP contribution in [0.3, 0.4) is 0 Å². The highest BCUT2D eigenvalue weighted by atomic mass is 16.5. The van der Waals surface area contributed by atoms with Crippen LogP contribution in [0.2, 0.25) is 0 Å². The number of aliphatic hydroxyl groups excluding tert-OH is 1. The number of anilines is 2. The van der Waals surface area contributed by atoms with Crippen LogP contribution in [-0.4, -0.2) is 78.0 Å². The summed E-state index contributed by atoms with van der Waals surface area (Å²) in [7, 11) is 2.17. The third-order valence-electron chi connectivity index (χ3n) is 7.03. The van der Waals surface area contributed by atoms with E-state index < -0.39 is 0 Å². The quantitative estimate of drug-likeness (QED) is 0.586. The first-order valence-electron chi connectivity index (χ1n) is 12.2. The van der Waals surface area contributed by atoms with Crippen LogP contribution in [0.1, 0.15) is 23.9 Å². The molecule has 0 unspecified atom stereocenters. The Labute approximate surface area is 206 Å². The maximum Gasteiger partial charge on any atom is 0.101 e. The summed E-state index contributed by atoms with van der Waals surface area (Å²) in [6, 6.07) is 14.7. The van der Waals surface area contributed by atoms with E-state index in [-0.39, 0.29) is 18.8 Å². The molecular weight excluding hydrogens is 440 g/mol. The molecule has 182 valence electrons. The summed E-state index contributed by atoms with van der Waals surface area (Å²) in [5.41, 5.74) is 5.24. The summed E-state index contributed by atoms with van der Waals surface area (Å²) in [5, 5.41) is 20.0. The molecule has 0 saturated carbocycles. The van der Waals surface area contributed by atoms with Crippen molar-refractivity contribution in [2.75, 3.05) is 49.6 Å². The van der Waals surface area contributed by atoms with Gasteiger partial charge in [0.2, 0.25) is 0 Å². The number of aromatic nitrogens is 2. The number of benzene rings is 1. The van der Waals surface area contributed by atoms with Gasteiger partial charge in [-0.2, -0.15) is 5.26 Å². The molecule has 3 aromatic rings. The van der Waals surface area contributed by atoms with Crippen molar-refractivity contribution in [2.45, 2.75) is 38.7 Å². The molecule has 2 saturated heterocycles. The van der Waals surface area contributed by atoms with Gasteiger partial charge in [0.1, 0.15) is 6.07 Å². The fraction of sp³-hybridized carbons (Fsp3) is 0.444. The Morgan fingerprint density at radius 1 is 1.17 bits per heavy atom. The fourth-order valence-electron chi connectivity index (χ4n) is 5.26. The molecular formula is C27H32N6O2. The van der Waals surface area contributed by atoms with E-state index in [1.165, 1.54) is 0 Å². The number of nitriles is 1. The van der Waals surface area contributed by atoms with Crippen LogP contribution in [0.5, 0.6) is 0 Å². The number of fused-ring (bicyclic) bond motifs is 1. The van der Waals surface area contributed by atoms with Gasteiger partial charge in [-0.3, -0.25) is 14.9 Å². The third kappa shape index (κ3) is 4.80. The van der Waals surface area contributed by atoms with E-state index in [0.717, 1.165) is 60.7 Å². The maximum absolute atomic E-state index is 9.49. The lowest BCUT2D eigenvalue weighted by atomic mass is 10.0. The second kappa shape index (κ2) is 9.78. The van der Waals surface area contributed by atoms with Crippen molar-refractivity contribution in [1.29, 1.82) is 5.26 Å². The topological polar surface area (TPSA) is 88.8 Å². The van der Waals surface area contributed by atoms with Gasteiger partial charge in [0.05, 0.1) is 35.6 Å². The molecule has 5 rings (SSSR count). The van der Waals surface area contributed by atoms with Gasteiger partial charge in [0.15, 0.2) is 0 Å². The third-order valence-corrected chi connectivity index (χ3v) is 7.03. The monoisotopic (exact) mass is 472 g/mol. The van der Waals surface area contributed by atoms with E-state index in [1.54, 1.807) is 6.20 Å². The van der Waals surface area contributed by atoms with Crippen molar-refractivity contribution < 1.29 is 9.84 Å². The standard InChI is InChI=1S/C27H32N6O2/c1-18-9-22(10-21(17-34)30-18)32-13-23(14-32)31(3)15-24-16-33(12-19(2)35-24)26-7-6-20(11-28)27-25(26)5-4-8-29-27/h4-10,19,23-24,34H,12-17H2,1-3H3/t19-,24+/m1/s1. The molecule has 0 spiro atoms. The number of rotatable bonds is 6. The van der Waals surface area contributed by atoms with Crippen LogP contribution in [-0.2, 0) is 11.3 Å². The van der Waals surface area contributed by atoms with Crippen molar-refractivity contribution in [3.05, 3.63) is 59.5 Å². The van der Waals surface area contributed by atoms with E-state index in [2.05, 4.69) is 50.8 Å². The highest BCUT2D eigenvalue weighted by Crippen LogP contribution is 2.31. The minimum Gasteiger partial charge on any atom is -0.390 e. The van der Waals surface area contributed by atoms with E-state index in [9.17, 15) is 10.4 Å². The first kappa shape index (κ1) is 23.5. The van der Waals surface area contributed by atoms with E-state index in [0.29, 0.717) is 17.3 Å². The second-order valence-corrected chi connectivity index (χ2v) is 9.73. The number of likely N-dealkylation sites (N-methyl/N-ethyl adjacent to an activating group) is 1. The van der Waals surface area contributed by atoms with Gasteiger partial charge >= 0.3 is 0 Å². The van der Waals surface area contributed by atoms with Crippen LogP contribution in [0.4, 0.5) is 11.4 Å². The maximum atomic E-state index is 9.49. The Morgan fingerprint density at radius 3 is 2.77 bits per heavy atom. The zero-order chi connectivity index (χ0) is 24.5. The van der Waals surface area contributed by atoms with Gasteiger partial charge in [0.25, 0.3) is 0 Å². The molecule has 1 aromatic carbocycles. The molecule has 2 aliphatic heterocycles. The summed E-state index contributed by atoms with van der Waals surface area (Å²) in [6.07, 6.45) is 1.94. The largest absolute Gasteiger partial charge is 0.390 e. The average Bonchev–Trinajstić information content (AvgIpc) is 2.81. The summed E-state index contributed by atoms with van der Waals surface area (Å²) in [5.74, 6) is 0. The van der Waals surface area contributed by atoms with Gasteiger partial charge in [-0.1, -0.05) is 0 Å². The van der Waals surface area contributed by atoms with Crippen molar-refractivity contribution in [2.24, 2.45) is 0 Å². The van der Waals surface area contributed by atoms with Crippen LogP contribution < -0.4 is 9.80 Å². The van der Waals surface area contributed by atoms with Gasteiger partial charge < -0.3 is 19.6 Å². The van der Waals surface area contributed by atoms with Crippen molar-refractivity contribution in [3.63, 3.8) is 0 Å². The normalized spacial score (nSPS) is 20.8. The minimum atomic E-state index is -0.0376. The first-order chi connectivity index (χ1) is 16.9. The Balaban J connectivity index is 1.25. The molecule has 8 heteroatoms. The lowest BCUT2D eigenvalue weighted by Gasteiger charge is -2.47. The Kier molecular flexibility index (Phi) is 6.56. The Bertz CT molecular complexity index is 1250. The fourth-order valence-corrected chi connectivity index (χ4v) is 5.26. The SMILES string of the molecule is Cc1cc(N2CC(N(C)C[C@H]3CN(c4ccc(C#N)c5ncccc45)C[C@@H](C)O3)C2)cc(CO)n1. The number of hydrogen-bond acceptors (Lipinski definition) is 8. The molecule has 1 N–H and O–H groups in total. The molecule has 0 radical (unpaired) electrons. The highest BCUT2D eigenvalue weighted by Gasteiger charge is 2.34. The zero-order valence-corrected chi connectivity index (χ0v) is 20.6. The summed E-state index contributed by atoms with van der Waals surface area (Å²) in [6.45, 7) is 8.40. The molecule has 4 heterocycles. The van der Waals surface area contributed by atoms with Crippen LogP contribution in [0.15, 0.2) is 42.6 Å². The van der Waals surface area contributed by atoms with Crippen LogP contribution in [0.25, 0.3) is 10.9 Å². The Hall–Kier alpha value is -3.25. The van der Waals surface area contributed by atoms with E-state index >= 15 is 0 Å². The van der Waals surface area contributed by atoms with Gasteiger partial charge in [-0.15, -0.1) is 0 Å². The molecule has 0 bridgehead atoms. The molecule has 2 fully saturated rings. The summed E-state index contributed by atoms with van der Waals surface area (Å²) in [4.78, 5) is 15.9. The molecule has 2 aromatic heterocycles. The first-order valence-corrected chi connectivity index (χ1v) is 12.2. The number of ether oxygens (including phenoxy) is 1. The lowest BCUT2D eigenvalue weighted by molar-refractivity contribution is -0.0354. The number of pyridine rings is 2.